The minimum absolute atomic E-state index is 0.0110. The molecule has 14 nitrogen and oxygen atoms in total. The fourth-order valence-electron chi connectivity index (χ4n) is 8.42. The van der Waals surface area contributed by atoms with Gasteiger partial charge in [-0.1, -0.05) is 0 Å². The summed E-state index contributed by atoms with van der Waals surface area (Å²) < 4.78 is 47.5. The van der Waals surface area contributed by atoms with Gasteiger partial charge in [-0.25, -0.2) is 9.78 Å². The number of urea groups is 1. The van der Waals surface area contributed by atoms with E-state index in [9.17, 15) is 37.6 Å². The number of hydrogen-bond acceptors (Lipinski definition) is 10. The number of benzene rings is 1. The summed E-state index contributed by atoms with van der Waals surface area (Å²) in [6.45, 7) is 11.6. The number of nitrogens with one attached hydrogen (secondary N) is 2. The predicted octanol–water partition coefficient (Wildman–Crippen LogP) is 4.88. The first kappa shape index (κ1) is 41.9. The number of rotatable bonds is 11. The molecule has 0 spiro atoms. The molecule has 2 aromatic rings. The highest BCUT2D eigenvalue weighted by molar-refractivity contribution is 7.80. The third-order valence-electron chi connectivity index (χ3n) is 11.3. The first-order valence-corrected chi connectivity index (χ1v) is 19.6. The van der Waals surface area contributed by atoms with E-state index in [1.807, 2.05) is 4.90 Å². The molecular formula is C39H48F3N9O5S. The van der Waals surface area contributed by atoms with Gasteiger partial charge in [-0.3, -0.25) is 39.3 Å². The van der Waals surface area contributed by atoms with E-state index in [0.29, 0.717) is 43.9 Å². The molecule has 306 valence electrons. The number of piperazine rings is 1. The lowest BCUT2D eigenvalue weighted by Gasteiger charge is -2.44. The maximum atomic E-state index is 13.7. The Balaban J connectivity index is 0.923. The van der Waals surface area contributed by atoms with Crippen LogP contribution in [-0.2, 0) is 25.3 Å². The molecule has 4 heterocycles. The third kappa shape index (κ3) is 9.22. The van der Waals surface area contributed by atoms with Gasteiger partial charge in [-0.05, 0) is 95.9 Å². The smallest absolute Gasteiger partial charge is 0.377 e. The van der Waals surface area contributed by atoms with Gasteiger partial charge in [-0.15, -0.1) is 0 Å². The number of halogens is 3. The van der Waals surface area contributed by atoms with Crippen molar-refractivity contribution in [2.45, 2.75) is 102 Å². The second-order valence-electron chi connectivity index (χ2n) is 15.6. The van der Waals surface area contributed by atoms with Crippen LogP contribution >= 0.6 is 12.2 Å². The molecule has 2 N–H and O–H groups in total. The van der Waals surface area contributed by atoms with Gasteiger partial charge in [0.05, 0.1) is 47.5 Å². The van der Waals surface area contributed by atoms with E-state index < -0.39 is 34.8 Å². The van der Waals surface area contributed by atoms with Gasteiger partial charge in [0, 0.05) is 63.7 Å². The fourth-order valence-corrected chi connectivity index (χ4v) is 8.98. The maximum absolute atomic E-state index is 13.7. The minimum atomic E-state index is -4.76. The number of pyridine rings is 1. The average molecular weight is 812 g/mol. The van der Waals surface area contributed by atoms with Crippen LogP contribution < -0.4 is 20.4 Å². The van der Waals surface area contributed by atoms with Crippen molar-refractivity contribution >= 4 is 58.3 Å². The number of hydrogen-bond donors (Lipinski definition) is 2. The zero-order valence-electron chi connectivity index (χ0n) is 32.5. The highest BCUT2D eigenvalue weighted by Crippen LogP contribution is 2.40. The van der Waals surface area contributed by atoms with Gasteiger partial charge in [-0.2, -0.15) is 18.4 Å². The number of imide groups is 1. The highest BCUT2D eigenvalue weighted by Gasteiger charge is 2.52. The Morgan fingerprint density at radius 3 is 2.39 bits per heavy atom. The van der Waals surface area contributed by atoms with Crippen LogP contribution in [0.5, 0.6) is 0 Å². The van der Waals surface area contributed by atoms with E-state index in [0.717, 1.165) is 49.5 Å². The van der Waals surface area contributed by atoms with Crippen molar-refractivity contribution < 1.29 is 37.1 Å². The van der Waals surface area contributed by atoms with Crippen molar-refractivity contribution in [2.75, 3.05) is 54.4 Å². The van der Waals surface area contributed by atoms with Gasteiger partial charge in [0.1, 0.15) is 11.4 Å². The van der Waals surface area contributed by atoms with E-state index in [1.165, 1.54) is 17.2 Å². The SMILES string of the molecule is C[C@@H]1CN(CCO[C@H]2CC[C@H](N3C(=S)N(c4ccc(C#N)c(C(F)(F)F)c4)C(=O)C3(C)C)CC2)C[C@H](C)N1CCC(=O)Nc1ccc(N2CCC(=O)NC2=O)nc1. The lowest BCUT2D eigenvalue weighted by Crippen LogP contribution is -2.57. The van der Waals surface area contributed by atoms with E-state index in [4.69, 9.17) is 17.0 Å². The number of nitrogens with zero attached hydrogens (tertiary/aromatic N) is 7. The zero-order valence-corrected chi connectivity index (χ0v) is 33.3. The molecule has 4 aliphatic rings. The van der Waals surface area contributed by atoms with Crippen LogP contribution in [0.2, 0.25) is 0 Å². The van der Waals surface area contributed by atoms with Crippen LogP contribution in [0.1, 0.15) is 77.3 Å². The molecule has 2 atom stereocenters. The molecule has 0 bridgehead atoms. The Morgan fingerprint density at radius 1 is 1.07 bits per heavy atom. The summed E-state index contributed by atoms with van der Waals surface area (Å²) in [6, 6.07) is 7.96. The molecule has 0 unspecified atom stereocenters. The molecule has 3 saturated heterocycles. The summed E-state index contributed by atoms with van der Waals surface area (Å²) in [7, 11) is 0. The van der Waals surface area contributed by atoms with E-state index >= 15 is 0 Å². The maximum Gasteiger partial charge on any atom is 0.417 e. The summed E-state index contributed by atoms with van der Waals surface area (Å²) >= 11 is 5.74. The van der Waals surface area contributed by atoms with Crippen LogP contribution in [0, 0.1) is 11.3 Å². The average Bonchev–Trinajstić information content (AvgIpc) is 3.33. The predicted molar refractivity (Wildman–Crippen MR) is 209 cm³/mol. The standard InChI is InChI=1S/C39H48F3N9O5S/c1-24-22-47(23-25(2)48(24)15-13-33(52)45-27-6-12-32(44-21-27)49-16-14-34(53)46-36(49)55)17-18-56-30-10-8-28(9-11-30)51-37(57)50(35(54)38(51,3)4)29-7-5-26(20-43)31(19-29)39(40,41)42/h5-7,12,19,21,24-25,28,30H,8-11,13-18,22-23H2,1-4H3,(H,45,52)(H,46,53,55)/t24-,25+,28-,30-. The Hall–Kier alpha value is -4.70. The lowest BCUT2D eigenvalue weighted by atomic mass is 9.89. The molecule has 3 aliphatic heterocycles. The molecule has 1 aliphatic carbocycles. The Kier molecular flexibility index (Phi) is 12.5. The molecule has 57 heavy (non-hydrogen) atoms. The molecule has 1 saturated carbocycles. The fraction of sp³-hybridized carbons (Fsp3) is 0.564. The second-order valence-corrected chi connectivity index (χ2v) is 16.0. The summed E-state index contributed by atoms with van der Waals surface area (Å²) in [5.74, 6) is -0.476. The van der Waals surface area contributed by atoms with Gasteiger partial charge in [0.25, 0.3) is 5.91 Å². The van der Waals surface area contributed by atoms with Crippen molar-refractivity contribution in [3.05, 3.63) is 47.7 Å². The van der Waals surface area contributed by atoms with Crippen molar-refractivity contribution in [3.63, 3.8) is 0 Å². The van der Waals surface area contributed by atoms with E-state index in [2.05, 4.69) is 39.3 Å². The first-order valence-electron chi connectivity index (χ1n) is 19.2. The molecule has 0 radical (unpaired) electrons. The van der Waals surface area contributed by atoms with E-state index in [-0.39, 0.29) is 59.8 Å². The summed E-state index contributed by atoms with van der Waals surface area (Å²) in [5.41, 5.74) is -2.18. The Morgan fingerprint density at radius 2 is 1.77 bits per heavy atom. The van der Waals surface area contributed by atoms with Crippen LogP contribution in [0.25, 0.3) is 0 Å². The Bertz CT molecular complexity index is 1900. The minimum Gasteiger partial charge on any atom is -0.377 e. The molecule has 18 heteroatoms. The normalized spacial score (nSPS) is 24.8. The number of carbonyl (C=O) groups excluding carboxylic acids is 4. The molecule has 5 amide bonds. The zero-order chi connectivity index (χ0) is 41.2. The summed E-state index contributed by atoms with van der Waals surface area (Å²) in [6.07, 6.45) is 0.195. The van der Waals surface area contributed by atoms with Crippen molar-refractivity contribution in [2.24, 2.45) is 0 Å². The number of ether oxygens (including phenoxy) is 1. The number of amides is 5. The third-order valence-corrected chi connectivity index (χ3v) is 11.7. The van der Waals surface area contributed by atoms with Crippen molar-refractivity contribution in [1.82, 2.24) is 25.0 Å². The van der Waals surface area contributed by atoms with Gasteiger partial charge in [0.15, 0.2) is 5.11 Å². The lowest BCUT2D eigenvalue weighted by molar-refractivity contribution is -0.137. The number of alkyl halides is 3. The largest absolute Gasteiger partial charge is 0.417 e. The Labute approximate surface area is 335 Å². The quantitative estimate of drug-likeness (QED) is 0.299. The molecule has 1 aromatic carbocycles. The molecular weight excluding hydrogens is 764 g/mol. The van der Waals surface area contributed by atoms with Crippen LogP contribution in [0.15, 0.2) is 36.5 Å². The summed E-state index contributed by atoms with van der Waals surface area (Å²) in [5, 5.41) is 14.5. The van der Waals surface area contributed by atoms with Crippen LogP contribution in [0.3, 0.4) is 0 Å². The van der Waals surface area contributed by atoms with E-state index in [1.54, 1.807) is 32.0 Å². The number of anilines is 3. The monoisotopic (exact) mass is 811 g/mol. The first-order chi connectivity index (χ1) is 27.0. The number of carbonyl (C=O) groups is 4. The van der Waals surface area contributed by atoms with Crippen molar-refractivity contribution in [3.8, 4) is 6.07 Å². The van der Waals surface area contributed by atoms with Gasteiger partial charge in [0.2, 0.25) is 11.8 Å². The molecule has 6 rings (SSSR count). The topological polar surface area (TPSA) is 154 Å². The van der Waals surface area contributed by atoms with Crippen molar-refractivity contribution in [1.29, 1.82) is 5.26 Å². The second kappa shape index (κ2) is 17.0. The highest BCUT2D eigenvalue weighted by atomic mass is 32.1. The molecule has 1 aromatic heterocycles. The molecule has 4 fully saturated rings. The van der Waals surface area contributed by atoms with Gasteiger partial charge >= 0.3 is 12.2 Å². The number of aromatic nitrogens is 1. The van der Waals surface area contributed by atoms with Crippen LogP contribution in [0.4, 0.5) is 35.2 Å². The van der Waals surface area contributed by atoms with Crippen LogP contribution in [-0.4, -0.2) is 118 Å². The number of nitriles is 1. The summed E-state index contributed by atoms with van der Waals surface area (Å²) in [4.78, 5) is 63.3. The number of thiocarbonyl (C=S) groups is 1. The van der Waals surface area contributed by atoms with Gasteiger partial charge < -0.3 is 15.0 Å².